The highest BCUT2D eigenvalue weighted by Gasteiger charge is 2.43. The highest BCUT2D eigenvalue weighted by molar-refractivity contribution is 7.14. The Kier molecular flexibility index (Phi) is 2.94. The molecule has 0 aliphatic carbocycles. The van der Waals surface area contributed by atoms with Crippen molar-refractivity contribution in [3.05, 3.63) is 21.4 Å². The summed E-state index contributed by atoms with van der Waals surface area (Å²) in [6.07, 6.45) is 2.21. The summed E-state index contributed by atoms with van der Waals surface area (Å²) in [5.74, 6) is 0.208. The molecule has 2 aliphatic rings. The molecule has 1 aromatic rings. The van der Waals surface area contributed by atoms with Gasteiger partial charge in [-0.05, 0) is 38.3 Å². The minimum Gasteiger partial charge on any atom is -0.381 e. The van der Waals surface area contributed by atoms with Crippen molar-refractivity contribution in [2.45, 2.75) is 26.7 Å². The Morgan fingerprint density at radius 1 is 1.44 bits per heavy atom. The molecule has 2 saturated heterocycles. The first-order valence-electron chi connectivity index (χ1n) is 6.54. The molecule has 0 radical (unpaired) electrons. The summed E-state index contributed by atoms with van der Waals surface area (Å²) < 4.78 is 5.50. The second-order valence-corrected chi connectivity index (χ2v) is 6.89. The number of nitrogens with zero attached hydrogens (tertiary/aromatic N) is 1. The molecule has 1 spiro atoms. The normalized spacial score (nSPS) is 27.3. The second-order valence-electron chi connectivity index (χ2n) is 5.63. The predicted molar refractivity (Wildman–Crippen MR) is 72.2 cm³/mol. The molecule has 3 nitrogen and oxygen atoms in total. The van der Waals surface area contributed by atoms with E-state index in [2.05, 4.69) is 13.8 Å². The van der Waals surface area contributed by atoms with Gasteiger partial charge in [-0.2, -0.15) is 0 Å². The summed E-state index contributed by atoms with van der Waals surface area (Å²) in [7, 11) is 0. The number of ether oxygens (including phenoxy) is 1. The summed E-state index contributed by atoms with van der Waals surface area (Å²) in [5, 5.41) is 0. The van der Waals surface area contributed by atoms with E-state index in [9.17, 15) is 4.79 Å². The quantitative estimate of drug-likeness (QED) is 0.781. The van der Waals surface area contributed by atoms with Gasteiger partial charge in [0.05, 0.1) is 11.5 Å². The van der Waals surface area contributed by atoms with E-state index in [4.69, 9.17) is 4.74 Å². The van der Waals surface area contributed by atoms with Crippen LogP contribution in [0.5, 0.6) is 0 Å². The van der Waals surface area contributed by atoms with Crippen molar-refractivity contribution in [1.29, 1.82) is 0 Å². The molecule has 98 valence electrons. The molecule has 18 heavy (non-hydrogen) atoms. The van der Waals surface area contributed by atoms with Crippen LogP contribution < -0.4 is 0 Å². The van der Waals surface area contributed by atoms with E-state index in [0.29, 0.717) is 0 Å². The van der Waals surface area contributed by atoms with Crippen molar-refractivity contribution in [3.8, 4) is 0 Å². The lowest BCUT2D eigenvalue weighted by Gasteiger charge is -2.21. The van der Waals surface area contributed by atoms with Crippen molar-refractivity contribution < 1.29 is 9.53 Å². The first-order valence-corrected chi connectivity index (χ1v) is 7.35. The maximum Gasteiger partial charge on any atom is 0.263 e. The highest BCUT2D eigenvalue weighted by Crippen LogP contribution is 2.39. The minimum atomic E-state index is 0.208. The van der Waals surface area contributed by atoms with Gasteiger partial charge in [0.2, 0.25) is 0 Å². The molecule has 0 bridgehead atoms. The van der Waals surface area contributed by atoms with Gasteiger partial charge in [-0.1, -0.05) is 0 Å². The van der Waals surface area contributed by atoms with Crippen molar-refractivity contribution in [3.63, 3.8) is 0 Å². The van der Waals surface area contributed by atoms with E-state index >= 15 is 0 Å². The number of thiophene rings is 1. The fourth-order valence-corrected chi connectivity index (χ4v) is 3.92. The number of likely N-dealkylation sites (tertiary alicyclic amines) is 1. The van der Waals surface area contributed by atoms with Gasteiger partial charge in [0.25, 0.3) is 5.91 Å². The van der Waals surface area contributed by atoms with Gasteiger partial charge in [0, 0.05) is 30.0 Å². The molecular weight excluding hydrogens is 246 g/mol. The first-order chi connectivity index (χ1) is 8.60. The Bertz CT molecular complexity index is 455. The molecule has 1 unspecified atom stereocenters. The molecule has 1 atom stereocenters. The molecule has 1 amide bonds. The van der Waals surface area contributed by atoms with E-state index in [1.54, 1.807) is 11.3 Å². The largest absolute Gasteiger partial charge is 0.381 e. The number of hydrogen-bond donors (Lipinski definition) is 0. The number of carbonyl (C=O) groups is 1. The second kappa shape index (κ2) is 4.35. The number of amides is 1. The molecule has 4 heteroatoms. The number of hydrogen-bond acceptors (Lipinski definition) is 3. The Balaban J connectivity index is 1.74. The summed E-state index contributed by atoms with van der Waals surface area (Å²) in [4.78, 5) is 16.6. The van der Waals surface area contributed by atoms with Gasteiger partial charge >= 0.3 is 0 Å². The zero-order chi connectivity index (χ0) is 12.8. The minimum absolute atomic E-state index is 0.208. The smallest absolute Gasteiger partial charge is 0.263 e. The van der Waals surface area contributed by atoms with Gasteiger partial charge < -0.3 is 9.64 Å². The number of rotatable bonds is 1. The average Bonchev–Trinajstić information content (AvgIpc) is 3.04. The van der Waals surface area contributed by atoms with Crippen LogP contribution in [-0.2, 0) is 4.74 Å². The maximum absolute atomic E-state index is 12.4. The summed E-state index contributed by atoms with van der Waals surface area (Å²) in [6.45, 7) is 7.60. The Morgan fingerprint density at radius 2 is 2.28 bits per heavy atom. The van der Waals surface area contributed by atoms with Gasteiger partial charge in [-0.15, -0.1) is 11.3 Å². The van der Waals surface area contributed by atoms with Gasteiger partial charge in [0.1, 0.15) is 0 Å². The molecular formula is C14H19NO2S. The summed E-state index contributed by atoms with van der Waals surface area (Å²) in [5.41, 5.74) is 1.48. The fourth-order valence-electron chi connectivity index (χ4n) is 2.91. The van der Waals surface area contributed by atoms with Crippen LogP contribution >= 0.6 is 11.3 Å². The molecule has 0 saturated carbocycles. The molecule has 3 rings (SSSR count). The van der Waals surface area contributed by atoms with E-state index in [0.717, 1.165) is 44.0 Å². The van der Waals surface area contributed by atoms with Crippen LogP contribution in [0.3, 0.4) is 0 Å². The van der Waals surface area contributed by atoms with Crippen LogP contribution in [0.25, 0.3) is 0 Å². The van der Waals surface area contributed by atoms with Crippen LogP contribution in [-0.4, -0.2) is 37.1 Å². The summed E-state index contributed by atoms with van der Waals surface area (Å²) in [6, 6.07) is 2.03. The first kappa shape index (κ1) is 12.2. The molecule has 2 fully saturated rings. The lowest BCUT2D eigenvalue weighted by atomic mass is 9.87. The van der Waals surface area contributed by atoms with Crippen molar-refractivity contribution >= 4 is 17.2 Å². The predicted octanol–water partition coefficient (Wildman–Crippen LogP) is 2.62. The third-order valence-electron chi connectivity index (χ3n) is 4.29. The Labute approximate surface area is 112 Å². The molecule has 0 aromatic carbocycles. The van der Waals surface area contributed by atoms with Gasteiger partial charge in [-0.25, -0.2) is 0 Å². The van der Waals surface area contributed by atoms with Crippen molar-refractivity contribution in [2.24, 2.45) is 5.41 Å². The van der Waals surface area contributed by atoms with Gasteiger partial charge in [-0.3, -0.25) is 4.79 Å². The van der Waals surface area contributed by atoms with E-state index < -0.39 is 0 Å². The van der Waals surface area contributed by atoms with Crippen LogP contribution in [0.1, 0.15) is 33.0 Å². The molecule has 0 N–H and O–H groups in total. The van der Waals surface area contributed by atoms with Crippen LogP contribution in [0, 0.1) is 19.3 Å². The third kappa shape index (κ3) is 1.97. The van der Waals surface area contributed by atoms with E-state index in [-0.39, 0.29) is 11.3 Å². The zero-order valence-corrected chi connectivity index (χ0v) is 11.8. The maximum atomic E-state index is 12.4. The van der Waals surface area contributed by atoms with Crippen molar-refractivity contribution in [1.82, 2.24) is 4.90 Å². The molecule has 1 aromatic heterocycles. The topological polar surface area (TPSA) is 29.5 Å². The van der Waals surface area contributed by atoms with E-state index in [1.165, 1.54) is 10.4 Å². The monoisotopic (exact) mass is 265 g/mol. The van der Waals surface area contributed by atoms with Crippen LogP contribution in [0.4, 0.5) is 0 Å². The lowest BCUT2D eigenvalue weighted by Crippen LogP contribution is -2.32. The Morgan fingerprint density at radius 3 is 2.89 bits per heavy atom. The van der Waals surface area contributed by atoms with Crippen LogP contribution in [0.2, 0.25) is 0 Å². The average molecular weight is 265 g/mol. The molecule has 2 aliphatic heterocycles. The Hall–Kier alpha value is -0.870. The molecule has 3 heterocycles. The van der Waals surface area contributed by atoms with Gasteiger partial charge in [0.15, 0.2) is 0 Å². The highest BCUT2D eigenvalue weighted by atomic mass is 32.1. The number of aryl methyl sites for hydroxylation is 2. The third-order valence-corrected chi connectivity index (χ3v) is 5.43. The fraction of sp³-hybridized carbons (Fsp3) is 0.643. The van der Waals surface area contributed by atoms with Crippen molar-refractivity contribution in [2.75, 3.05) is 26.3 Å². The standard InChI is InChI=1S/C14H19NO2S/c1-10-7-12(18-11(10)2)13(16)15-5-3-14(8-15)4-6-17-9-14/h7H,3-6,8-9H2,1-2H3. The SMILES string of the molecule is Cc1cc(C(=O)N2CCC3(CCOC3)C2)sc1C. The summed E-state index contributed by atoms with van der Waals surface area (Å²) >= 11 is 1.62. The lowest BCUT2D eigenvalue weighted by molar-refractivity contribution is 0.0770. The number of carbonyl (C=O) groups excluding carboxylic acids is 1. The zero-order valence-electron chi connectivity index (χ0n) is 11.0. The van der Waals surface area contributed by atoms with E-state index in [1.807, 2.05) is 11.0 Å². The van der Waals surface area contributed by atoms with Crippen LogP contribution in [0.15, 0.2) is 6.07 Å².